The summed E-state index contributed by atoms with van der Waals surface area (Å²) in [5.74, 6) is 0.645. The molecule has 9 heteroatoms. The monoisotopic (exact) mass is 453 g/mol. The number of nitrogens with two attached hydrogens (primary N) is 1. The second-order valence-electron chi connectivity index (χ2n) is 8.72. The average Bonchev–Trinajstić information content (AvgIpc) is 3.33. The lowest BCUT2D eigenvalue weighted by Gasteiger charge is -2.34. The predicted molar refractivity (Wildman–Crippen MR) is 123 cm³/mol. The van der Waals surface area contributed by atoms with Crippen LogP contribution in [0.15, 0.2) is 41.6 Å². The third-order valence-corrected chi connectivity index (χ3v) is 7.42. The molecule has 4 N–H and O–H groups in total. The normalized spacial score (nSPS) is 26.1. The average molecular weight is 454 g/mol. The Balaban J connectivity index is 1.42. The number of hydrogen-bond acceptors (Lipinski definition) is 6. The summed E-state index contributed by atoms with van der Waals surface area (Å²) in [6, 6.07) is 8.53. The number of urea groups is 1. The number of aromatic nitrogens is 1. The van der Waals surface area contributed by atoms with Crippen LogP contribution in [0.3, 0.4) is 0 Å². The van der Waals surface area contributed by atoms with Crippen molar-refractivity contribution in [1.29, 1.82) is 0 Å². The van der Waals surface area contributed by atoms with Crippen LogP contribution in [-0.2, 0) is 4.79 Å². The second kappa shape index (κ2) is 8.29. The topological polar surface area (TPSA) is 110 Å². The molecule has 1 aromatic heterocycles. The molecular formula is C23H27N5O3S. The lowest BCUT2D eigenvalue weighted by molar-refractivity contribution is -0.121. The van der Waals surface area contributed by atoms with E-state index >= 15 is 0 Å². The van der Waals surface area contributed by atoms with E-state index in [1.807, 2.05) is 44.2 Å². The van der Waals surface area contributed by atoms with E-state index in [1.165, 1.54) is 11.8 Å². The van der Waals surface area contributed by atoms with Gasteiger partial charge in [-0.3, -0.25) is 9.69 Å². The number of carbonyl (C=O) groups excluding carboxylic acids is 2. The zero-order valence-electron chi connectivity index (χ0n) is 18.1. The predicted octanol–water partition coefficient (Wildman–Crippen LogP) is 3.24. The second-order valence-corrected chi connectivity index (χ2v) is 9.85. The molecule has 2 aromatic rings. The molecule has 0 bridgehead atoms. The first kappa shape index (κ1) is 21.1. The number of hydrogen-bond donors (Lipinski definition) is 3. The zero-order valence-corrected chi connectivity index (χ0v) is 18.9. The molecule has 1 saturated carbocycles. The highest BCUT2D eigenvalue weighted by Gasteiger charge is 2.47. The number of carbonyl (C=O) groups is 2. The van der Waals surface area contributed by atoms with Gasteiger partial charge in [0.05, 0.1) is 23.5 Å². The summed E-state index contributed by atoms with van der Waals surface area (Å²) in [4.78, 5) is 32.4. The Bertz CT molecular complexity index is 1040. The van der Waals surface area contributed by atoms with E-state index in [-0.39, 0.29) is 30.1 Å². The van der Waals surface area contributed by atoms with Crippen molar-refractivity contribution >= 4 is 35.1 Å². The molecule has 1 aliphatic carbocycles. The minimum atomic E-state index is -0.473. The highest BCUT2D eigenvalue weighted by molar-refractivity contribution is 8.01. The van der Waals surface area contributed by atoms with Crippen molar-refractivity contribution < 1.29 is 14.3 Å². The first-order chi connectivity index (χ1) is 15.4. The van der Waals surface area contributed by atoms with Crippen LogP contribution in [0.2, 0.25) is 0 Å². The van der Waals surface area contributed by atoms with Crippen molar-refractivity contribution in [3.05, 3.63) is 42.1 Å². The Hall–Kier alpha value is -2.78. The molecule has 3 aliphatic rings. The molecule has 168 valence electrons. The van der Waals surface area contributed by atoms with Crippen LogP contribution < -0.4 is 26.0 Å². The van der Waals surface area contributed by atoms with Crippen LogP contribution in [-0.4, -0.2) is 40.4 Å². The van der Waals surface area contributed by atoms with Gasteiger partial charge in [-0.25, -0.2) is 9.78 Å². The Morgan fingerprint density at radius 1 is 1.28 bits per heavy atom. The van der Waals surface area contributed by atoms with Crippen molar-refractivity contribution in [3.63, 3.8) is 0 Å². The van der Waals surface area contributed by atoms with Crippen molar-refractivity contribution in [3.8, 4) is 5.75 Å². The van der Waals surface area contributed by atoms with Gasteiger partial charge >= 0.3 is 6.03 Å². The van der Waals surface area contributed by atoms with Gasteiger partial charge in [-0.15, -0.1) is 0 Å². The fourth-order valence-electron chi connectivity index (χ4n) is 4.66. The van der Waals surface area contributed by atoms with Gasteiger partial charge in [0.25, 0.3) is 0 Å². The summed E-state index contributed by atoms with van der Waals surface area (Å²) in [5.41, 5.74) is 8.49. The number of nitrogens with zero attached hydrogens (tertiary/aromatic N) is 2. The summed E-state index contributed by atoms with van der Waals surface area (Å²) in [6.45, 7) is 3.94. The molecule has 0 spiro atoms. The molecule has 4 atom stereocenters. The quantitative estimate of drug-likeness (QED) is 0.641. The van der Waals surface area contributed by atoms with Crippen LogP contribution in [0.25, 0.3) is 0 Å². The van der Waals surface area contributed by atoms with Crippen molar-refractivity contribution in [1.82, 2.24) is 15.6 Å². The number of ether oxygens (including phenoxy) is 1. The van der Waals surface area contributed by atoms with Gasteiger partial charge in [0, 0.05) is 23.8 Å². The molecule has 8 nitrogen and oxygen atoms in total. The SMILES string of the molecule is CC(C)Oc1ccc(N2C(=O)NC3c4c2ccnc4SC3C(=O)N[C@@H]2CCC[C@@H]2N)cc1. The van der Waals surface area contributed by atoms with Crippen LogP contribution in [0, 0.1) is 0 Å². The van der Waals surface area contributed by atoms with Gasteiger partial charge < -0.3 is 21.1 Å². The Labute approximate surface area is 191 Å². The van der Waals surface area contributed by atoms with Crippen LogP contribution in [0.1, 0.15) is 44.7 Å². The molecule has 3 heterocycles. The highest BCUT2D eigenvalue weighted by Crippen LogP contribution is 2.50. The van der Waals surface area contributed by atoms with Gasteiger partial charge in [-0.05, 0) is 63.4 Å². The maximum absolute atomic E-state index is 13.2. The summed E-state index contributed by atoms with van der Waals surface area (Å²) < 4.78 is 5.72. The lowest BCUT2D eigenvalue weighted by atomic mass is 9.99. The highest BCUT2D eigenvalue weighted by atomic mass is 32.2. The molecule has 32 heavy (non-hydrogen) atoms. The van der Waals surface area contributed by atoms with Crippen molar-refractivity contribution in [2.45, 2.75) is 67.6 Å². The number of thioether (sulfide) groups is 1. The molecule has 1 fully saturated rings. The molecule has 2 unspecified atom stereocenters. The van der Waals surface area contributed by atoms with E-state index in [0.717, 1.165) is 47.0 Å². The van der Waals surface area contributed by atoms with Crippen molar-refractivity contribution in [2.75, 3.05) is 4.90 Å². The molecule has 0 saturated heterocycles. The van der Waals surface area contributed by atoms with Crippen molar-refractivity contribution in [2.24, 2.45) is 5.73 Å². The lowest BCUT2D eigenvalue weighted by Crippen LogP contribution is -2.52. The molecule has 5 rings (SSSR count). The van der Waals surface area contributed by atoms with Gasteiger partial charge in [0.1, 0.15) is 16.0 Å². The van der Waals surface area contributed by atoms with E-state index in [9.17, 15) is 9.59 Å². The molecule has 1 aromatic carbocycles. The summed E-state index contributed by atoms with van der Waals surface area (Å²) in [6.07, 6.45) is 4.59. The van der Waals surface area contributed by atoms with Crippen LogP contribution in [0.4, 0.5) is 16.2 Å². The standard InChI is InChI=1S/C23H27N5O3S/c1-12(2)31-14-8-6-13(7-9-14)28-17-10-11-25-22-18(17)19(27-23(28)30)20(32-22)21(29)26-16-5-3-4-15(16)24/h6-12,15-16,19-20H,3-5,24H2,1-2H3,(H,26,29)(H,27,30)/t15-,16+,19?,20?/m0/s1. The molecular weight excluding hydrogens is 426 g/mol. The largest absolute Gasteiger partial charge is 0.491 e. The smallest absolute Gasteiger partial charge is 0.327 e. The van der Waals surface area contributed by atoms with E-state index in [0.29, 0.717) is 0 Å². The Kier molecular flexibility index (Phi) is 5.46. The first-order valence-electron chi connectivity index (χ1n) is 11.0. The first-order valence-corrected chi connectivity index (χ1v) is 11.9. The van der Waals surface area contributed by atoms with E-state index in [2.05, 4.69) is 15.6 Å². The van der Waals surface area contributed by atoms with Gasteiger partial charge in [-0.2, -0.15) is 0 Å². The third-order valence-electron chi connectivity index (χ3n) is 6.13. The third kappa shape index (κ3) is 3.69. The summed E-state index contributed by atoms with van der Waals surface area (Å²) in [5, 5.41) is 6.44. The number of benzene rings is 1. The van der Waals surface area contributed by atoms with E-state index < -0.39 is 11.3 Å². The van der Waals surface area contributed by atoms with E-state index in [4.69, 9.17) is 10.5 Å². The summed E-state index contributed by atoms with van der Waals surface area (Å²) in [7, 11) is 0. The van der Waals surface area contributed by atoms with Crippen LogP contribution >= 0.6 is 11.8 Å². The molecule has 2 aliphatic heterocycles. The summed E-state index contributed by atoms with van der Waals surface area (Å²) >= 11 is 1.40. The van der Waals surface area contributed by atoms with Gasteiger partial charge in [0.2, 0.25) is 5.91 Å². The van der Waals surface area contributed by atoms with Gasteiger partial charge in [0.15, 0.2) is 0 Å². The van der Waals surface area contributed by atoms with Gasteiger partial charge in [-0.1, -0.05) is 11.8 Å². The fraction of sp³-hybridized carbons (Fsp3) is 0.435. The maximum atomic E-state index is 13.2. The fourth-order valence-corrected chi connectivity index (χ4v) is 5.90. The Morgan fingerprint density at radius 2 is 2.06 bits per heavy atom. The number of pyridine rings is 1. The maximum Gasteiger partial charge on any atom is 0.327 e. The Morgan fingerprint density at radius 3 is 2.75 bits per heavy atom. The number of rotatable bonds is 5. The molecule has 0 radical (unpaired) electrons. The molecule has 3 amide bonds. The number of anilines is 2. The minimum Gasteiger partial charge on any atom is -0.491 e. The van der Waals surface area contributed by atoms with E-state index in [1.54, 1.807) is 11.1 Å². The minimum absolute atomic E-state index is 0.0124. The number of amides is 3. The van der Waals surface area contributed by atoms with Crippen LogP contribution in [0.5, 0.6) is 5.75 Å². The number of nitrogens with one attached hydrogen (secondary N) is 2. The zero-order chi connectivity index (χ0) is 22.4.